The topological polar surface area (TPSA) is 112 Å². The Balaban J connectivity index is 2.00. The van der Waals surface area contributed by atoms with Crippen LogP contribution in [0.3, 0.4) is 0 Å². The summed E-state index contributed by atoms with van der Waals surface area (Å²) in [6.07, 6.45) is 4.54. The molecule has 0 radical (unpaired) electrons. The molecule has 0 saturated heterocycles. The second-order valence-corrected chi connectivity index (χ2v) is 5.14. The van der Waals surface area contributed by atoms with Gasteiger partial charge in [0.25, 0.3) is 5.91 Å². The van der Waals surface area contributed by atoms with Crippen molar-refractivity contribution in [3.8, 4) is 0 Å². The lowest BCUT2D eigenvalue weighted by Gasteiger charge is -2.11. The Labute approximate surface area is 147 Å². The van der Waals surface area contributed by atoms with Gasteiger partial charge in [-0.05, 0) is 24.3 Å². The van der Waals surface area contributed by atoms with E-state index in [1.165, 1.54) is 49.3 Å². The summed E-state index contributed by atoms with van der Waals surface area (Å²) in [6, 6.07) is 5.80. The van der Waals surface area contributed by atoms with Crippen LogP contribution < -0.4 is 5.32 Å². The van der Waals surface area contributed by atoms with Crippen molar-refractivity contribution in [1.82, 2.24) is 14.6 Å². The standard InChI is InChI=1S/C17H14N4O5/c1-25-16(23)10-4-5-11(17(24)26-2)13(8-10)20-15(22)12-9-19-21-7-3-6-18-14(12)21/h3-9H,1-2H3,(H,20,22). The first-order valence-corrected chi connectivity index (χ1v) is 7.45. The third-order valence-electron chi connectivity index (χ3n) is 3.62. The van der Waals surface area contributed by atoms with E-state index in [0.717, 1.165) is 0 Å². The molecule has 2 heterocycles. The van der Waals surface area contributed by atoms with E-state index < -0.39 is 17.8 Å². The average Bonchev–Trinajstić information content (AvgIpc) is 3.11. The molecule has 2 aromatic heterocycles. The van der Waals surface area contributed by atoms with Gasteiger partial charge in [0.2, 0.25) is 0 Å². The highest BCUT2D eigenvalue weighted by atomic mass is 16.5. The van der Waals surface area contributed by atoms with Crippen molar-refractivity contribution in [1.29, 1.82) is 0 Å². The third-order valence-corrected chi connectivity index (χ3v) is 3.62. The zero-order valence-electron chi connectivity index (χ0n) is 13.9. The quantitative estimate of drug-likeness (QED) is 0.708. The number of rotatable bonds is 4. The van der Waals surface area contributed by atoms with Crippen LogP contribution in [0.2, 0.25) is 0 Å². The van der Waals surface area contributed by atoms with Gasteiger partial charge in [0, 0.05) is 12.4 Å². The fourth-order valence-electron chi connectivity index (χ4n) is 2.36. The number of aromatic nitrogens is 3. The first-order valence-electron chi connectivity index (χ1n) is 7.45. The monoisotopic (exact) mass is 354 g/mol. The van der Waals surface area contributed by atoms with Crippen LogP contribution in [-0.2, 0) is 9.47 Å². The van der Waals surface area contributed by atoms with Crippen molar-refractivity contribution in [2.24, 2.45) is 0 Å². The van der Waals surface area contributed by atoms with Crippen molar-refractivity contribution in [2.45, 2.75) is 0 Å². The van der Waals surface area contributed by atoms with Crippen molar-refractivity contribution < 1.29 is 23.9 Å². The van der Waals surface area contributed by atoms with Crippen LogP contribution in [0.4, 0.5) is 5.69 Å². The number of fused-ring (bicyclic) bond motifs is 1. The molecule has 3 rings (SSSR count). The van der Waals surface area contributed by atoms with E-state index in [9.17, 15) is 14.4 Å². The molecule has 0 unspecified atom stereocenters. The minimum Gasteiger partial charge on any atom is -0.465 e. The maximum absolute atomic E-state index is 12.6. The van der Waals surface area contributed by atoms with E-state index in [4.69, 9.17) is 4.74 Å². The number of carbonyl (C=O) groups is 3. The van der Waals surface area contributed by atoms with Gasteiger partial charge in [0.05, 0.1) is 37.2 Å². The molecule has 1 amide bonds. The number of carbonyl (C=O) groups excluding carboxylic acids is 3. The van der Waals surface area contributed by atoms with Crippen LogP contribution in [0.15, 0.2) is 42.9 Å². The highest BCUT2D eigenvalue weighted by Crippen LogP contribution is 2.21. The molecule has 0 atom stereocenters. The van der Waals surface area contributed by atoms with E-state index in [0.29, 0.717) is 5.65 Å². The molecule has 132 valence electrons. The normalized spacial score (nSPS) is 10.4. The molecule has 3 aromatic rings. The molecule has 1 aromatic carbocycles. The lowest BCUT2D eigenvalue weighted by Crippen LogP contribution is -2.16. The van der Waals surface area contributed by atoms with Crippen LogP contribution in [0, 0.1) is 0 Å². The molecule has 1 N–H and O–H groups in total. The molecule has 9 heteroatoms. The van der Waals surface area contributed by atoms with Crippen LogP contribution in [0.25, 0.3) is 5.65 Å². The van der Waals surface area contributed by atoms with Gasteiger partial charge in [-0.1, -0.05) is 0 Å². The number of benzene rings is 1. The zero-order valence-corrected chi connectivity index (χ0v) is 13.9. The maximum Gasteiger partial charge on any atom is 0.339 e. The van der Waals surface area contributed by atoms with Crippen LogP contribution in [-0.4, -0.2) is 46.7 Å². The van der Waals surface area contributed by atoms with Crippen molar-refractivity contribution >= 4 is 29.2 Å². The van der Waals surface area contributed by atoms with E-state index in [1.54, 1.807) is 12.3 Å². The van der Waals surface area contributed by atoms with Gasteiger partial charge in [-0.3, -0.25) is 4.79 Å². The number of ether oxygens (including phenoxy) is 2. The third kappa shape index (κ3) is 3.09. The second-order valence-electron chi connectivity index (χ2n) is 5.14. The van der Waals surface area contributed by atoms with Gasteiger partial charge in [0.1, 0.15) is 5.56 Å². The zero-order chi connectivity index (χ0) is 18.7. The predicted octanol–water partition coefficient (Wildman–Crippen LogP) is 1.55. The Bertz CT molecular complexity index is 1010. The smallest absolute Gasteiger partial charge is 0.339 e. The largest absolute Gasteiger partial charge is 0.465 e. The Morgan fingerprint density at radius 1 is 1.08 bits per heavy atom. The van der Waals surface area contributed by atoms with Crippen molar-refractivity contribution in [3.63, 3.8) is 0 Å². The van der Waals surface area contributed by atoms with E-state index in [-0.39, 0.29) is 22.4 Å². The first-order chi connectivity index (χ1) is 12.5. The van der Waals surface area contributed by atoms with E-state index >= 15 is 0 Å². The summed E-state index contributed by atoms with van der Waals surface area (Å²) in [5, 5.41) is 6.64. The number of methoxy groups -OCH3 is 2. The Morgan fingerprint density at radius 2 is 1.85 bits per heavy atom. The van der Waals surface area contributed by atoms with Gasteiger partial charge in [0.15, 0.2) is 5.65 Å². The Hall–Kier alpha value is -3.75. The number of anilines is 1. The van der Waals surface area contributed by atoms with E-state index in [1.807, 2.05) is 0 Å². The molecule has 0 aliphatic carbocycles. The Kier molecular flexibility index (Phi) is 4.61. The van der Waals surface area contributed by atoms with Crippen LogP contribution >= 0.6 is 0 Å². The number of hydrogen-bond donors (Lipinski definition) is 1. The van der Waals surface area contributed by atoms with Crippen molar-refractivity contribution in [2.75, 3.05) is 19.5 Å². The molecule has 0 aliphatic rings. The number of amides is 1. The SMILES string of the molecule is COC(=O)c1ccc(C(=O)OC)c(NC(=O)c2cnn3cccnc23)c1. The minimum absolute atomic E-state index is 0.0953. The first kappa shape index (κ1) is 17.1. The summed E-state index contributed by atoms with van der Waals surface area (Å²) in [5.41, 5.74) is 0.949. The molecule has 0 bridgehead atoms. The van der Waals surface area contributed by atoms with Crippen molar-refractivity contribution in [3.05, 3.63) is 59.5 Å². The maximum atomic E-state index is 12.6. The fraction of sp³-hybridized carbons (Fsp3) is 0.118. The average molecular weight is 354 g/mol. The number of nitrogens with one attached hydrogen (secondary N) is 1. The van der Waals surface area contributed by atoms with Gasteiger partial charge in [-0.15, -0.1) is 0 Å². The minimum atomic E-state index is -0.658. The fourth-order valence-corrected chi connectivity index (χ4v) is 2.36. The lowest BCUT2D eigenvalue weighted by molar-refractivity contribution is 0.0587. The summed E-state index contributed by atoms with van der Waals surface area (Å²) in [6.45, 7) is 0. The highest BCUT2D eigenvalue weighted by Gasteiger charge is 2.20. The van der Waals surface area contributed by atoms with Crippen LogP contribution in [0.5, 0.6) is 0 Å². The van der Waals surface area contributed by atoms with Gasteiger partial charge in [-0.25, -0.2) is 19.1 Å². The lowest BCUT2D eigenvalue weighted by atomic mass is 10.1. The van der Waals surface area contributed by atoms with Gasteiger partial charge < -0.3 is 14.8 Å². The van der Waals surface area contributed by atoms with Gasteiger partial charge in [-0.2, -0.15) is 5.10 Å². The molecule has 0 saturated carbocycles. The number of nitrogens with zero attached hydrogens (tertiary/aromatic N) is 3. The van der Waals surface area contributed by atoms with E-state index in [2.05, 4.69) is 20.1 Å². The molecule has 9 nitrogen and oxygen atoms in total. The summed E-state index contributed by atoms with van der Waals surface area (Å²) in [4.78, 5) is 40.4. The van der Waals surface area contributed by atoms with Crippen LogP contribution in [0.1, 0.15) is 31.1 Å². The summed E-state index contributed by atoms with van der Waals surface area (Å²) in [5.74, 6) is -1.80. The molecule has 0 fully saturated rings. The Morgan fingerprint density at radius 3 is 2.58 bits per heavy atom. The highest BCUT2D eigenvalue weighted by molar-refractivity contribution is 6.11. The number of hydrogen-bond acceptors (Lipinski definition) is 7. The molecular formula is C17H14N4O5. The predicted molar refractivity (Wildman–Crippen MR) is 90.1 cm³/mol. The molecule has 0 spiro atoms. The van der Waals surface area contributed by atoms with Gasteiger partial charge >= 0.3 is 11.9 Å². The molecular weight excluding hydrogens is 340 g/mol. The number of esters is 2. The summed E-state index contributed by atoms with van der Waals surface area (Å²) >= 11 is 0. The summed E-state index contributed by atoms with van der Waals surface area (Å²) in [7, 11) is 2.46. The molecule has 0 aliphatic heterocycles. The second kappa shape index (κ2) is 7.01. The summed E-state index contributed by atoms with van der Waals surface area (Å²) < 4.78 is 10.8. The molecule has 26 heavy (non-hydrogen) atoms.